The molecule has 0 atom stereocenters. The van der Waals surface area contributed by atoms with Gasteiger partial charge in [-0.05, 0) is 68.8 Å². The van der Waals surface area contributed by atoms with E-state index in [-0.39, 0.29) is 10.8 Å². The molecule has 1 aromatic heterocycles. The highest BCUT2D eigenvalue weighted by molar-refractivity contribution is 6.15. The third-order valence-corrected chi connectivity index (χ3v) is 11.5. The second-order valence-electron chi connectivity index (χ2n) is 14.9. The number of furan rings is 1. The van der Waals surface area contributed by atoms with Crippen LogP contribution in [0.3, 0.4) is 0 Å². The van der Waals surface area contributed by atoms with Crippen molar-refractivity contribution in [1.29, 1.82) is 0 Å². The lowest BCUT2D eigenvalue weighted by atomic mass is 9.82. The summed E-state index contributed by atoms with van der Waals surface area (Å²) in [5.41, 5.74) is 17.8. The Balaban J connectivity index is 1.26. The average molecular weight is 644 g/mol. The minimum Gasteiger partial charge on any atom is -0.453 e. The molecule has 2 aliphatic carbocycles. The minimum atomic E-state index is -0.114. The van der Waals surface area contributed by atoms with E-state index >= 15 is 0 Å². The molecule has 1 heterocycles. The van der Waals surface area contributed by atoms with Crippen LogP contribution in [0.5, 0.6) is 0 Å². The summed E-state index contributed by atoms with van der Waals surface area (Å²) in [6.07, 6.45) is 0. The Kier molecular flexibility index (Phi) is 6.01. The van der Waals surface area contributed by atoms with Crippen LogP contribution in [0.1, 0.15) is 49.9 Å². The fourth-order valence-electron chi connectivity index (χ4n) is 8.97. The normalized spacial score (nSPS) is 14.7. The number of anilines is 3. The molecule has 7 aromatic carbocycles. The lowest BCUT2D eigenvalue weighted by Gasteiger charge is -2.29. The smallest absolute Gasteiger partial charge is 0.159 e. The molecule has 0 fully saturated rings. The van der Waals surface area contributed by atoms with Crippen LogP contribution in [0, 0.1) is 0 Å². The Morgan fingerprint density at radius 3 is 1.66 bits per heavy atom. The van der Waals surface area contributed by atoms with E-state index in [1.807, 2.05) is 0 Å². The molecule has 0 amide bonds. The lowest BCUT2D eigenvalue weighted by molar-refractivity contribution is 0.653. The molecule has 0 radical (unpaired) electrons. The number of benzene rings is 7. The van der Waals surface area contributed by atoms with E-state index in [0.717, 1.165) is 39.0 Å². The number of para-hydroxylation sites is 1. The van der Waals surface area contributed by atoms with Crippen molar-refractivity contribution < 1.29 is 4.42 Å². The van der Waals surface area contributed by atoms with Gasteiger partial charge in [-0.2, -0.15) is 0 Å². The standard InChI is InChI=1S/C48H37NO/c1-47(2)37-19-10-8-16-35(37)43-39(47)21-13-22-41(43)49(32-26-24-31(25-27-32)30-14-6-5-7-15-30)42-23-12-18-33-34-28-29-40-44(46(34)50-45(33)42)36-17-9-11-20-38(36)48(40,3)4/h5-29H,1-4H3. The summed E-state index contributed by atoms with van der Waals surface area (Å²) in [6.45, 7) is 9.35. The molecule has 0 bridgehead atoms. The molecule has 240 valence electrons. The van der Waals surface area contributed by atoms with E-state index in [9.17, 15) is 0 Å². The quantitative estimate of drug-likeness (QED) is 0.190. The Bertz CT molecular complexity index is 2640. The van der Waals surface area contributed by atoms with Gasteiger partial charge in [-0.3, -0.25) is 0 Å². The van der Waals surface area contributed by atoms with Crippen LogP contribution in [-0.2, 0) is 10.8 Å². The molecule has 0 saturated heterocycles. The first-order valence-electron chi connectivity index (χ1n) is 17.6. The first-order valence-corrected chi connectivity index (χ1v) is 17.6. The highest BCUT2D eigenvalue weighted by Gasteiger charge is 2.39. The van der Waals surface area contributed by atoms with Crippen LogP contribution in [0.25, 0.3) is 55.3 Å². The van der Waals surface area contributed by atoms with Gasteiger partial charge in [0.1, 0.15) is 5.58 Å². The third kappa shape index (κ3) is 3.91. The van der Waals surface area contributed by atoms with Crippen LogP contribution in [-0.4, -0.2) is 0 Å². The zero-order valence-corrected chi connectivity index (χ0v) is 28.8. The minimum absolute atomic E-state index is 0.0980. The van der Waals surface area contributed by atoms with Gasteiger partial charge in [0.15, 0.2) is 5.58 Å². The van der Waals surface area contributed by atoms with Crippen molar-refractivity contribution in [1.82, 2.24) is 0 Å². The van der Waals surface area contributed by atoms with Crippen molar-refractivity contribution in [3.05, 3.63) is 174 Å². The van der Waals surface area contributed by atoms with Gasteiger partial charge in [0.2, 0.25) is 0 Å². The van der Waals surface area contributed by atoms with Gasteiger partial charge in [0.05, 0.1) is 11.4 Å². The number of fused-ring (bicyclic) bond motifs is 10. The van der Waals surface area contributed by atoms with Crippen molar-refractivity contribution in [3.8, 4) is 33.4 Å². The molecule has 8 aromatic rings. The summed E-state index contributed by atoms with van der Waals surface area (Å²) < 4.78 is 7.18. The van der Waals surface area contributed by atoms with Crippen LogP contribution >= 0.6 is 0 Å². The van der Waals surface area contributed by atoms with Crippen molar-refractivity contribution in [2.75, 3.05) is 4.90 Å². The van der Waals surface area contributed by atoms with E-state index in [2.05, 4.69) is 184 Å². The third-order valence-electron chi connectivity index (χ3n) is 11.5. The first-order chi connectivity index (χ1) is 24.3. The monoisotopic (exact) mass is 643 g/mol. The maximum absolute atomic E-state index is 7.18. The highest BCUT2D eigenvalue weighted by atomic mass is 16.3. The lowest BCUT2D eigenvalue weighted by Crippen LogP contribution is -2.16. The Hall–Kier alpha value is -5.86. The van der Waals surface area contributed by atoms with E-state index < -0.39 is 0 Å². The first kappa shape index (κ1) is 29.1. The van der Waals surface area contributed by atoms with Crippen LogP contribution in [0.15, 0.2) is 156 Å². The summed E-state index contributed by atoms with van der Waals surface area (Å²) in [5.74, 6) is 0. The molecule has 0 aliphatic heterocycles. The van der Waals surface area contributed by atoms with Crippen molar-refractivity contribution in [2.24, 2.45) is 0 Å². The summed E-state index contributed by atoms with van der Waals surface area (Å²) in [6, 6.07) is 55.3. The van der Waals surface area contributed by atoms with Gasteiger partial charge in [0, 0.05) is 38.4 Å². The van der Waals surface area contributed by atoms with Gasteiger partial charge in [-0.25, -0.2) is 0 Å². The largest absolute Gasteiger partial charge is 0.453 e. The Morgan fingerprint density at radius 2 is 0.940 bits per heavy atom. The predicted molar refractivity (Wildman–Crippen MR) is 209 cm³/mol. The number of nitrogens with zero attached hydrogens (tertiary/aromatic N) is 1. The zero-order valence-electron chi connectivity index (χ0n) is 28.8. The van der Waals surface area contributed by atoms with Crippen LogP contribution in [0.4, 0.5) is 17.1 Å². The molecular weight excluding hydrogens is 607 g/mol. The number of rotatable bonds is 4. The summed E-state index contributed by atoms with van der Waals surface area (Å²) in [7, 11) is 0. The SMILES string of the molecule is CC1(C)c2ccccc2-c2c(N(c3ccc(-c4ccccc4)cc3)c3cccc4c3oc3c5c(ccc34)C(C)(C)c3ccccc3-5)cccc21. The Labute approximate surface area is 293 Å². The fraction of sp³-hybridized carbons (Fsp3) is 0.125. The molecular formula is C48H37NO. The van der Waals surface area contributed by atoms with Crippen molar-refractivity contribution in [3.63, 3.8) is 0 Å². The fourth-order valence-corrected chi connectivity index (χ4v) is 8.97. The van der Waals surface area contributed by atoms with E-state index in [1.165, 1.54) is 55.6 Å². The maximum Gasteiger partial charge on any atom is 0.159 e. The molecule has 0 unspecified atom stereocenters. The molecule has 50 heavy (non-hydrogen) atoms. The summed E-state index contributed by atoms with van der Waals surface area (Å²) in [5, 5.41) is 2.28. The van der Waals surface area contributed by atoms with Gasteiger partial charge in [-0.15, -0.1) is 0 Å². The molecule has 0 N–H and O–H groups in total. The van der Waals surface area contributed by atoms with Gasteiger partial charge in [0.25, 0.3) is 0 Å². The van der Waals surface area contributed by atoms with E-state index in [4.69, 9.17) is 4.42 Å². The average Bonchev–Trinajstić information content (AvgIpc) is 3.73. The predicted octanol–water partition coefficient (Wildman–Crippen LogP) is 13.3. The van der Waals surface area contributed by atoms with Crippen LogP contribution in [0.2, 0.25) is 0 Å². The molecule has 0 spiro atoms. The summed E-state index contributed by atoms with van der Waals surface area (Å²) in [4.78, 5) is 2.43. The van der Waals surface area contributed by atoms with Crippen LogP contribution < -0.4 is 4.90 Å². The van der Waals surface area contributed by atoms with Gasteiger partial charge in [-0.1, -0.05) is 155 Å². The van der Waals surface area contributed by atoms with E-state index in [1.54, 1.807) is 0 Å². The number of hydrogen-bond acceptors (Lipinski definition) is 2. The summed E-state index contributed by atoms with van der Waals surface area (Å²) >= 11 is 0. The highest BCUT2D eigenvalue weighted by Crippen LogP contribution is 2.56. The van der Waals surface area contributed by atoms with Crippen molar-refractivity contribution >= 4 is 39.0 Å². The van der Waals surface area contributed by atoms with Gasteiger partial charge >= 0.3 is 0 Å². The van der Waals surface area contributed by atoms with E-state index in [0.29, 0.717) is 0 Å². The Morgan fingerprint density at radius 1 is 0.400 bits per heavy atom. The topological polar surface area (TPSA) is 16.4 Å². The molecule has 2 heteroatoms. The maximum atomic E-state index is 7.18. The van der Waals surface area contributed by atoms with Gasteiger partial charge < -0.3 is 9.32 Å². The molecule has 2 nitrogen and oxygen atoms in total. The second-order valence-corrected chi connectivity index (χ2v) is 14.9. The zero-order chi connectivity index (χ0) is 33.8. The second kappa shape index (κ2) is 10.3. The molecule has 10 rings (SSSR count). The molecule has 2 aliphatic rings. The van der Waals surface area contributed by atoms with Crippen molar-refractivity contribution in [2.45, 2.75) is 38.5 Å². The number of hydrogen-bond donors (Lipinski definition) is 0. The molecule has 0 saturated carbocycles.